The molecule has 0 aliphatic heterocycles. The number of ether oxygens (including phenoxy) is 1. The van der Waals surface area contributed by atoms with Crippen molar-refractivity contribution in [2.75, 3.05) is 17.2 Å². The van der Waals surface area contributed by atoms with Gasteiger partial charge < -0.3 is 20.7 Å². The Bertz CT molecular complexity index is 1610. The quantitative estimate of drug-likeness (QED) is 0.115. The second kappa shape index (κ2) is 15.3. The smallest absolute Gasteiger partial charge is 0.272 e. The molecule has 0 bridgehead atoms. The van der Waals surface area contributed by atoms with Gasteiger partial charge in [-0.1, -0.05) is 53.5 Å². The molecule has 0 heterocycles. The lowest BCUT2D eigenvalue weighted by Gasteiger charge is -2.14. The molecule has 0 fully saturated rings. The van der Waals surface area contributed by atoms with E-state index < -0.39 is 17.1 Å². The van der Waals surface area contributed by atoms with Crippen LogP contribution >= 0.6 is 35.0 Å². The number of halogens is 2. The average Bonchev–Trinajstić information content (AvgIpc) is 3.01. The zero-order valence-electron chi connectivity index (χ0n) is 23.4. The van der Waals surface area contributed by atoms with Crippen LogP contribution in [0.25, 0.3) is 6.08 Å². The van der Waals surface area contributed by atoms with E-state index in [0.717, 1.165) is 4.90 Å². The van der Waals surface area contributed by atoms with Gasteiger partial charge in [0, 0.05) is 21.8 Å². The molecule has 0 spiro atoms. The normalized spacial score (nSPS) is 11.8. The zero-order valence-corrected chi connectivity index (χ0v) is 25.7. The lowest BCUT2D eigenvalue weighted by Crippen LogP contribution is -2.30. The molecule has 7 nitrogen and oxygen atoms in total. The molecular weight excluding hydrogens is 605 g/mol. The van der Waals surface area contributed by atoms with Crippen LogP contribution < -0.4 is 20.7 Å². The number of hydrogen-bond donors (Lipinski definition) is 3. The van der Waals surface area contributed by atoms with E-state index in [-0.39, 0.29) is 11.6 Å². The Labute approximate surface area is 264 Å². The monoisotopic (exact) mass is 633 g/mol. The molecule has 1 unspecified atom stereocenters. The highest BCUT2D eigenvalue weighted by atomic mass is 35.5. The van der Waals surface area contributed by atoms with Gasteiger partial charge in [-0.05, 0) is 92.2 Å². The van der Waals surface area contributed by atoms with Crippen LogP contribution in [0.15, 0.2) is 108 Å². The molecule has 4 aromatic carbocycles. The molecule has 4 aromatic rings. The van der Waals surface area contributed by atoms with E-state index in [2.05, 4.69) is 16.0 Å². The molecule has 3 amide bonds. The Hall–Kier alpha value is -4.24. The minimum atomic E-state index is -0.493. The highest BCUT2D eigenvalue weighted by Crippen LogP contribution is 2.28. The van der Waals surface area contributed by atoms with Crippen LogP contribution in [0.4, 0.5) is 11.4 Å². The fourth-order valence-corrected chi connectivity index (χ4v) is 4.99. The molecule has 0 saturated carbocycles. The number of thioether (sulfide) groups is 1. The third kappa shape index (κ3) is 9.38. The van der Waals surface area contributed by atoms with Crippen molar-refractivity contribution < 1.29 is 19.1 Å². The molecule has 3 N–H and O–H groups in total. The Morgan fingerprint density at radius 3 is 2.16 bits per heavy atom. The summed E-state index contributed by atoms with van der Waals surface area (Å²) >= 11 is 13.3. The predicted octanol–water partition coefficient (Wildman–Crippen LogP) is 7.92. The standard InChI is InChI=1S/C33H29Cl2N3O4S/c1-3-42-26-14-9-22(10-15-26)19-30(38-32(40)23-7-5-4-6-8-23)33(41)36-24-11-16-27(17-12-24)43-21(2)31(39)37-25-13-18-28(34)29(35)20-25/h4-21H,3H2,1-2H3,(H,36,41)(H,37,39)(H,38,40)/b30-19-. The van der Waals surface area contributed by atoms with Gasteiger partial charge >= 0.3 is 0 Å². The molecular formula is C33H29Cl2N3O4S. The van der Waals surface area contributed by atoms with Crippen LogP contribution in [0.5, 0.6) is 5.75 Å². The third-order valence-corrected chi connectivity index (χ3v) is 7.86. The summed E-state index contributed by atoms with van der Waals surface area (Å²) in [5, 5.41) is 8.75. The molecule has 4 rings (SSSR count). The summed E-state index contributed by atoms with van der Waals surface area (Å²) in [6.07, 6.45) is 1.60. The lowest BCUT2D eigenvalue weighted by atomic mass is 10.1. The summed E-state index contributed by atoms with van der Waals surface area (Å²) in [7, 11) is 0. The zero-order chi connectivity index (χ0) is 30.8. The summed E-state index contributed by atoms with van der Waals surface area (Å²) in [4.78, 5) is 39.7. The lowest BCUT2D eigenvalue weighted by molar-refractivity contribution is -0.115. The number of nitrogens with one attached hydrogen (secondary N) is 3. The van der Waals surface area contributed by atoms with Crippen LogP contribution in [0.3, 0.4) is 0 Å². The van der Waals surface area contributed by atoms with Crippen molar-refractivity contribution in [2.24, 2.45) is 0 Å². The number of amides is 3. The first-order chi connectivity index (χ1) is 20.7. The largest absolute Gasteiger partial charge is 0.494 e. The van der Waals surface area contributed by atoms with E-state index in [1.54, 1.807) is 91.9 Å². The maximum absolute atomic E-state index is 13.3. The average molecular weight is 635 g/mol. The van der Waals surface area contributed by atoms with Crippen molar-refractivity contribution in [1.82, 2.24) is 5.32 Å². The van der Waals surface area contributed by atoms with E-state index in [9.17, 15) is 14.4 Å². The minimum absolute atomic E-state index is 0.0732. The SMILES string of the molecule is CCOc1ccc(/C=C(\NC(=O)c2ccccc2)C(=O)Nc2ccc(SC(C)C(=O)Nc3ccc(Cl)c(Cl)c3)cc2)cc1. The molecule has 0 aliphatic rings. The van der Waals surface area contributed by atoms with Crippen LogP contribution in [0.1, 0.15) is 29.8 Å². The van der Waals surface area contributed by atoms with Gasteiger partial charge in [-0.2, -0.15) is 0 Å². The Morgan fingerprint density at radius 1 is 0.837 bits per heavy atom. The van der Waals surface area contributed by atoms with Crippen LogP contribution in [0.2, 0.25) is 10.0 Å². The highest BCUT2D eigenvalue weighted by molar-refractivity contribution is 8.00. The summed E-state index contributed by atoms with van der Waals surface area (Å²) in [5.74, 6) is -0.391. The van der Waals surface area contributed by atoms with Gasteiger partial charge in [-0.25, -0.2) is 0 Å². The van der Waals surface area contributed by atoms with Gasteiger partial charge in [-0.15, -0.1) is 11.8 Å². The number of carbonyl (C=O) groups is 3. The molecule has 43 heavy (non-hydrogen) atoms. The second-order valence-electron chi connectivity index (χ2n) is 9.24. The summed E-state index contributed by atoms with van der Waals surface area (Å²) in [5.41, 5.74) is 2.28. The molecule has 10 heteroatoms. The van der Waals surface area contributed by atoms with Crippen LogP contribution in [-0.4, -0.2) is 29.6 Å². The summed E-state index contributed by atoms with van der Waals surface area (Å²) in [6, 6.07) is 27.8. The van der Waals surface area contributed by atoms with Gasteiger partial charge in [0.1, 0.15) is 11.4 Å². The Morgan fingerprint density at radius 2 is 1.51 bits per heavy atom. The highest BCUT2D eigenvalue weighted by Gasteiger charge is 2.17. The molecule has 0 saturated heterocycles. The van der Waals surface area contributed by atoms with Crippen molar-refractivity contribution >= 4 is 70.1 Å². The summed E-state index contributed by atoms with van der Waals surface area (Å²) in [6.45, 7) is 4.23. The summed E-state index contributed by atoms with van der Waals surface area (Å²) < 4.78 is 5.49. The predicted molar refractivity (Wildman–Crippen MR) is 175 cm³/mol. The van der Waals surface area contributed by atoms with E-state index in [0.29, 0.717) is 44.9 Å². The van der Waals surface area contributed by atoms with Crippen LogP contribution in [-0.2, 0) is 9.59 Å². The maximum Gasteiger partial charge on any atom is 0.272 e. The number of carbonyl (C=O) groups excluding carboxylic acids is 3. The maximum atomic E-state index is 13.3. The van der Waals surface area contributed by atoms with Gasteiger partial charge in [0.05, 0.1) is 21.9 Å². The molecule has 0 aliphatic carbocycles. The molecule has 0 radical (unpaired) electrons. The third-order valence-electron chi connectivity index (χ3n) is 6.01. The van der Waals surface area contributed by atoms with Gasteiger partial charge in [0.15, 0.2) is 0 Å². The number of hydrogen-bond acceptors (Lipinski definition) is 5. The fourth-order valence-electron chi connectivity index (χ4n) is 3.83. The van der Waals surface area contributed by atoms with Crippen molar-refractivity contribution in [3.8, 4) is 5.75 Å². The van der Waals surface area contributed by atoms with Gasteiger partial charge in [0.25, 0.3) is 11.8 Å². The first-order valence-corrected chi connectivity index (χ1v) is 15.0. The van der Waals surface area contributed by atoms with E-state index in [4.69, 9.17) is 27.9 Å². The number of rotatable bonds is 11. The first kappa shape index (κ1) is 31.7. The fraction of sp³-hybridized carbons (Fsp3) is 0.121. The van der Waals surface area contributed by atoms with Gasteiger partial charge in [0.2, 0.25) is 5.91 Å². The topological polar surface area (TPSA) is 96.5 Å². The van der Waals surface area contributed by atoms with Crippen molar-refractivity contribution in [2.45, 2.75) is 24.0 Å². The van der Waals surface area contributed by atoms with Crippen molar-refractivity contribution in [3.63, 3.8) is 0 Å². The minimum Gasteiger partial charge on any atom is -0.494 e. The van der Waals surface area contributed by atoms with E-state index in [1.807, 2.05) is 25.1 Å². The van der Waals surface area contributed by atoms with Crippen LogP contribution in [0, 0.1) is 0 Å². The Balaban J connectivity index is 1.43. The number of anilines is 2. The molecule has 1 atom stereocenters. The number of benzene rings is 4. The van der Waals surface area contributed by atoms with E-state index in [1.165, 1.54) is 11.8 Å². The van der Waals surface area contributed by atoms with Crippen molar-refractivity contribution in [1.29, 1.82) is 0 Å². The van der Waals surface area contributed by atoms with Crippen molar-refractivity contribution in [3.05, 3.63) is 124 Å². The second-order valence-corrected chi connectivity index (χ2v) is 11.5. The van der Waals surface area contributed by atoms with E-state index >= 15 is 0 Å². The first-order valence-electron chi connectivity index (χ1n) is 13.4. The van der Waals surface area contributed by atoms with Gasteiger partial charge in [-0.3, -0.25) is 14.4 Å². The molecule has 220 valence electrons. The Kier molecular flexibility index (Phi) is 11.3. The molecule has 0 aromatic heterocycles.